The molecule has 1 saturated heterocycles. The molecule has 0 unspecified atom stereocenters. The molecule has 0 bridgehead atoms. The Bertz CT molecular complexity index is 1500. The second-order valence-electron chi connectivity index (χ2n) is 11.1. The summed E-state index contributed by atoms with van der Waals surface area (Å²) in [6, 6.07) is 32.2. The van der Waals surface area contributed by atoms with Crippen LogP contribution < -0.4 is 14.2 Å². The van der Waals surface area contributed by atoms with E-state index in [4.69, 9.17) is 37.9 Å². The quantitative estimate of drug-likeness (QED) is 0.171. The topological polar surface area (TPSA) is 73.8 Å². The standard InChI is InChI=1S/C37H40O8/c1-38-29-19-28-23-44-37-35(31(28)34(40-3)32(29)39-2)45-30(24-41-20-25-13-7-4-8-14-25)33(42-21-26-15-9-5-10-16-26)36(37)43-22-27-17-11-6-12-18-27/h4-19,30,33,35-37H,20-24H2,1-3H3/t30-,33-,35+,36+,37-/m1/s1. The van der Waals surface area contributed by atoms with Gasteiger partial charge in [0.15, 0.2) is 11.5 Å². The Morgan fingerprint density at radius 1 is 0.644 bits per heavy atom. The van der Waals surface area contributed by atoms with E-state index in [0.29, 0.717) is 43.7 Å². The molecule has 236 valence electrons. The van der Waals surface area contributed by atoms with Gasteiger partial charge in [-0.3, -0.25) is 0 Å². The SMILES string of the molecule is COc1cc2c(c(OC)c1OC)[C@@H]1O[C@H](COCc3ccccc3)[C@@H](OCc3ccccc3)[C@H](OCc3ccccc3)[C@@H]1OC2. The van der Waals surface area contributed by atoms with Crippen molar-refractivity contribution in [2.75, 3.05) is 27.9 Å². The monoisotopic (exact) mass is 612 g/mol. The summed E-state index contributed by atoms with van der Waals surface area (Å²) in [5, 5.41) is 0. The number of benzene rings is 4. The van der Waals surface area contributed by atoms with Gasteiger partial charge in [0, 0.05) is 5.56 Å². The van der Waals surface area contributed by atoms with Gasteiger partial charge >= 0.3 is 0 Å². The highest BCUT2D eigenvalue weighted by Gasteiger charge is 2.52. The fraction of sp³-hybridized carbons (Fsp3) is 0.351. The van der Waals surface area contributed by atoms with Crippen molar-refractivity contribution in [2.24, 2.45) is 0 Å². The predicted octanol–water partition coefficient (Wildman–Crippen LogP) is 6.44. The first-order valence-electron chi connectivity index (χ1n) is 15.2. The van der Waals surface area contributed by atoms with Crippen molar-refractivity contribution in [3.8, 4) is 17.2 Å². The van der Waals surface area contributed by atoms with E-state index in [2.05, 4.69) is 0 Å². The van der Waals surface area contributed by atoms with Gasteiger partial charge in [0.1, 0.15) is 30.5 Å². The van der Waals surface area contributed by atoms with Crippen LogP contribution in [0, 0.1) is 0 Å². The van der Waals surface area contributed by atoms with E-state index in [1.807, 2.05) is 97.1 Å². The van der Waals surface area contributed by atoms with E-state index in [1.54, 1.807) is 21.3 Å². The summed E-state index contributed by atoms with van der Waals surface area (Å²) in [5.41, 5.74) is 4.95. The van der Waals surface area contributed by atoms with Crippen LogP contribution in [0.25, 0.3) is 0 Å². The maximum atomic E-state index is 6.92. The molecular formula is C37H40O8. The molecule has 6 rings (SSSR count). The zero-order valence-electron chi connectivity index (χ0n) is 25.9. The average Bonchev–Trinajstić information content (AvgIpc) is 3.10. The molecule has 2 heterocycles. The fourth-order valence-corrected chi connectivity index (χ4v) is 6.10. The van der Waals surface area contributed by atoms with Gasteiger partial charge in [-0.25, -0.2) is 0 Å². The molecule has 4 aromatic carbocycles. The summed E-state index contributed by atoms with van der Waals surface area (Å²) in [6.07, 6.45) is -2.47. The molecule has 5 atom stereocenters. The second kappa shape index (κ2) is 14.9. The number of hydrogen-bond donors (Lipinski definition) is 0. The van der Waals surface area contributed by atoms with E-state index in [9.17, 15) is 0 Å². The van der Waals surface area contributed by atoms with Gasteiger partial charge in [-0.1, -0.05) is 91.0 Å². The number of hydrogen-bond acceptors (Lipinski definition) is 8. The molecule has 0 amide bonds. The number of rotatable bonds is 13. The minimum atomic E-state index is -0.536. The van der Waals surface area contributed by atoms with Crippen molar-refractivity contribution in [3.63, 3.8) is 0 Å². The van der Waals surface area contributed by atoms with Gasteiger partial charge in [0.25, 0.3) is 0 Å². The zero-order chi connectivity index (χ0) is 31.0. The Hall–Kier alpha value is -3.92. The highest BCUT2D eigenvalue weighted by atomic mass is 16.6. The third kappa shape index (κ3) is 7.01. The molecule has 8 nitrogen and oxygen atoms in total. The van der Waals surface area contributed by atoms with E-state index in [0.717, 1.165) is 27.8 Å². The first-order valence-corrected chi connectivity index (χ1v) is 15.2. The first-order chi connectivity index (χ1) is 22.2. The fourth-order valence-electron chi connectivity index (χ4n) is 6.10. The van der Waals surface area contributed by atoms with Crippen LogP contribution in [0.5, 0.6) is 17.2 Å². The Labute approximate surface area is 264 Å². The van der Waals surface area contributed by atoms with Crippen LogP contribution in [0.15, 0.2) is 97.1 Å². The highest BCUT2D eigenvalue weighted by Crippen LogP contribution is 2.51. The van der Waals surface area contributed by atoms with Crippen LogP contribution in [0.2, 0.25) is 0 Å². The Morgan fingerprint density at radius 3 is 1.76 bits per heavy atom. The minimum absolute atomic E-state index is 0.285. The van der Waals surface area contributed by atoms with Gasteiger partial charge in [0.05, 0.1) is 54.4 Å². The molecule has 4 aromatic rings. The Balaban J connectivity index is 1.36. The van der Waals surface area contributed by atoms with E-state index < -0.39 is 30.5 Å². The lowest BCUT2D eigenvalue weighted by atomic mass is 9.86. The van der Waals surface area contributed by atoms with Crippen LogP contribution in [0.3, 0.4) is 0 Å². The van der Waals surface area contributed by atoms with Crippen molar-refractivity contribution in [3.05, 3.63) is 125 Å². The average molecular weight is 613 g/mol. The van der Waals surface area contributed by atoms with Gasteiger partial charge in [0.2, 0.25) is 5.75 Å². The third-order valence-corrected chi connectivity index (χ3v) is 8.27. The first kappa shape index (κ1) is 31.1. The third-order valence-electron chi connectivity index (χ3n) is 8.27. The van der Waals surface area contributed by atoms with Gasteiger partial charge in [-0.05, 0) is 28.3 Å². The van der Waals surface area contributed by atoms with Crippen LogP contribution in [0.1, 0.15) is 33.9 Å². The molecule has 8 heteroatoms. The molecule has 45 heavy (non-hydrogen) atoms. The van der Waals surface area contributed by atoms with E-state index >= 15 is 0 Å². The molecule has 2 aliphatic rings. The predicted molar refractivity (Wildman–Crippen MR) is 168 cm³/mol. The van der Waals surface area contributed by atoms with Crippen molar-refractivity contribution in [1.82, 2.24) is 0 Å². The van der Waals surface area contributed by atoms with Gasteiger partial charge in [-0.15, -0.1) is 0 Å². The maximum Gasteiger partial charge on any atom is 0.203 e. The van der Waals surface area contributed by atoms with E-state index in [1.165, 1.54) is 0 Å². The van der Waals surface area contributed by atoms with Crippen LogP contribution in [-0.4, -0.2) is 52.4 Å². The van der Waals surface area contributed by atoms with Gasteiger partial charge in [-0.2, -0.15) is 0 Å². The minimum Gasteiger partial charge on any atom is -0.493 e. The zero-order valence-corrected chi connectivity index (χ0v) is 25.9. The summed E-state index contributed by atoms with van der Waals surface area (Å²) in [7, 11) is 4.83. The smallest absolute Gasteiger partial charge is 0.203 e. The summed E-state index contributed by atoms with van der Waals surface area (Å²) in [6.45, 7) is 1.82. The van der Waals surface area contributed by atoms with Crippen molar-refractivity contribution in [1.29, 1.82) is 0 Å². The molecule has 0 spiro atoms. The largest absolute Gasteiger partial charge is 0.493 e. The number of ether oxygens (including phenoxy) is 8. The number of methoxy groups -OCH3 is 3. The molecule has 2 aliphatic heterocycles. The molecule has 0 saturated carbocycles. The Morgan fingerprint density at radius 2 is 1.20 bits per heavy atom. The molecule has 0 radical (unpaired) electrons. The van der Waals surface area contributed by atoms with Crippen molar-refractivity contribution >= 4 is 0 Å². The van der Waals surface area contributed by atoms with E-state index in [-0.39, 0.29) is 6.61 Å². The summed E-state index contributed by atoms with van der Waals surface area (Å²) in [5.74, 6) is 1.62. The second-order valence-corrected chi connectivity index (χ2v) is 11.1. The molecule has 0 N–H and O–H groups in total. The molecule has 0 aromatic heterocycles. The lowest BCUT2D eigenvalue weighted by molar-refractivity contribution is -0.280. The lowest BCUT2D eigenvalue weighted by Crippen LogP contribution is -2.59. The van der Waals surface area contributed by atoms with Crippen molar-refractivity contribution < 1.29 is 37.9 Å². The highest BCUT2D eigenvalue weighted by molar-refractivity contribution is 5.60. The summed E-state index contributed by atoms with van der Waals surface area (Å²) < 4.78 is 50.5. The molecule has 1 fully saturated rings. The maximum absolute atomic E-state index is 6.92. The molecular weight excluding hydrogens is 572 g/mol. The van der Waals surface area contributed by atoms with Crippen LogP contribution in [-0.2, 0) is 50.1 Å². The van der Waals surface area contributed by atoms with Crippen LogP contribution in [0.4, 0.5) is 0 Å². The van der Waals surface area contributed by atoms with Gasteiger partial charge < -0.3 is 37.9 Å². The van der Waals surface area contributed by atoms with Crippen LogP contribution >= 0.6 is 0 Å². The summed E-state index contributed by atoms with van der Waals surface area (Å²) >= 11 is 0. The number of fused-ring (bicyclic) bond motifs is 3. The van der Waals surface area contributed by atoms with Crippen molar-refractivity contribution in [2.45, 2.75) is 56.9 Å². The lowest BCUT2D eigenvalue weighted by Gasteiger charge is -2.48. The normalized spacial score (nSPS) is 22.2. The Kier molecular flexibility index (Phi) is 10.3. The molecule has 0 aliphatic carbocycles. The summed E-state index contributed by atoms with van der Waals surface area (Å²) in [4.78, 5) is 0.